The molecular formula is C17H22N2O2. The molecule has 1 aliphatic rings. The summed E-state index contributed by atoms with van der Waals surface area (Å²) in [6.45, 7) is 3.67. The summed E-state index contributed by atoms with van der Waals surface area (Å²) in [6, 6.07) is 8.23. The van der Waals surface area contributed by atoms with Gasteiger partial charge in [-0.1, -0.05) is 25.0 Å². The quantitative estimate of drug-likeness (QED) is 0.886. The second kappa shape index (κ2) is 5.90. The van der Waals surface area contributed by atoms with Gasteiger partial charge in [0.2, 0.25) is 0 Å². The van der Waals surface area contributed by atoms with Gasteiger partial charge in [-0.15, -0.1) is 0 Å². The number of carboxylic acid groups (broad SMARTS) is 1. The molecule has 4 heteroatoms. The normalized spacial score (nSPS) is 15.9. The third kappa shape index (κ3) is 2.68. The fourth-order valence-electron chi connectivity index (χ4n) is 3.44. The van der Waals surface area contributed by atoms with Gasteiger partial charge in [0, 0.05) is 30.2 Å². The summed E-state index contributed by atoms with van der Waals surface area (Å²) in [6.07, 6.45) is 5.15. The lowest BCUT2D eigenvalue weighted by atomic mass is 10.1. The molecule has 4 nitrogen and oxygen atoms in total. The van der Waals surface area contributed by atoms with Crippen LogP contribution < -0.4 is 5.32 Å². The van der Waals surface area contributed by atoms with Crippen molar-refractivity contribution in [3.63, 3.8) is 0 Å². The van der Waals surface area contributed by atoms with Crippen LogP contribution in [-0.2, 0) is 13.1 Å². The van der Waals surface area contributed by atoms with Gasteiger partial charge in [0.05, 0.1) is 11.1 Å². The van der Waals surface area contributed by atoms with Gasteiger partial charge in [0.1, 0.15) is 0 Å². The lowest BCUT2D eigenvalue weighted by Crippen LogP contribution is -2.26. The van der Waals surface area contributed by atoms with Gasteiger partial charge in [-0.2, -0.15) is 0 Å². The molecule has 0 atom stereocenters. The van der Waals surface area contributed by atoms with Crippen LogP contribution in [0.4, 0.5) is 0 Å². The minimum atomic E-state index is -0.858. The van der Waals surface area contributed by atoms with E-state index >= 15 is 0 Å². The van der Waals surface area contributed by atoms with Gasteiger partial charge < -0.3 is 15.0 Å². The molecule has 0 radical (unpaired) electrons. The van der Waals surface area contributed by atoms with Crippen molar-refractivity contribution < 1.29 is 9.90 Å². The summed E-state index contributed by atoms with van der Waals surface area (Å²) in [5.74, 6) is -0.858. The van der Waals surface area contributed by atoms with Crippen LogP contribution in [0.2, 0.25) is 0 Å². The average Bonchev–Trinajstić information content (AvgIpc) is 3.11. The molecule has 1 fully saturated rings. The number of fused-ring (bicyclic) bond motifs is 1. The second-order valence-corrected chi connectivity index (χ2v) is 5.79. The molecular weight excluding hydrogens is 264 g/mol. The minimum Gasteiger partial charge on any atom is -0.478 e. The summed E-state index contributed by atoms with van der Waals surface area (Å²) >= 11 is 0. The van der Waals surface area contributed by atoms with E-state index in [1.165, 1.54) is 31.4 Å². The van der Waals surface area contributed by atoms with Gasteiger partial charge in [-0.3, -0.25) is 0 Å². The van der Waals surface area contributed by atoms with Gasteiger partial charge in [-0.05, 0) is 31.9 Å². The van der Waals surface area contributed by atoms with Crippen molar-refractivity contribution in [3.8, 4) is 0 Å². The molecule has 1 saturated carbocycles. The maximum atomic E-state index is 11.4. The first-order valence-electron chi connectivity index (χ1n) is 7.78. The number of nitrogens with zero attached hydrogens (tertiary/aromatic N) is 1. The van der Waals surface area contributed by atoms with Gasteiger partial charge >= 0.3 is 5.97 Å². The van der Waals surface area contributed by atoms with Crippen LogP contribution in [0.3, 0.4) is 0 Å². The Kier molecular flexibility index (Phi) is 3.97. The molecule has 1 aromatic heterocycles. The maximum Gasteiger partial charge on any atom is 0.337 e. The highest BCUT2D eigenvalue weighted by Gasteiger charge is 2.17. The van der Waals surface area contributed by atoms with E-state index in [1.807, 2.05) is 12.1 Å². The van der Waals surface area contributed by atoms with Crippen molar-refractivity contribution in [3.05, 3.63) is 35.5 Å². The molecule has 112 valence electrons. The summed E-state index contributed by atoms with van der Waals surface area (Å²) in [4.78, 5) is 11.4. The Hall–Kier alpha value is -1.81. The topological polar surface area (TPSA) is 54.3 Å². The summed E-state index contributed by atoms with van der Waals surface area (Å²) < 4.78 is 2.13. The van der Waals surface area contributed by atoms with Crippen LogP contribution in [-0.4, -0.2) is 21.7 Å². The number of aryl methyl sites for hydroxylation is 1. The zero-order valence-electron chi connectivity index (χ0n) is 12.4. The van der Waals surface area contributed by atoms with E-state index in [2.05, 4.69) is 22.9 Å². The van der Waals surface area contributed by atoms with E-state index in [4.69, 9.17) is 0 Å². The van der Waals surface area contributed by atoms with Crippen LogP contribution in [0.5, 0.6) is 0 Å². The highest BCUT2D eigenvalue weighted by atomic mass is 16.4. The molecule has 0 amide bonds. The first kappa shape index (κ1) is 14.1. The number of rotatable bonds is 5. The van der Waals surface area contributed by atoms with Gasteiger partial charge in [-0.25, -0.2) is 4.79 Å². The number of hydrogen-bond donors (Lipinski definition) is 2. The number of carboxylic acids is 1. The second-order valence-electron chi connectivity index (χ2n) is 5.79. The van der Waals surface area contributed by atoms with Crippen LogP contribution in [0.25, 0.3) is 10.9 Å². The van der Waals surface area contributed by atoms with Gasteiger partial charge in [0.25, 0.3) is 0 Å². The molecule has 1 heterocycles. The van der Waals surface area contributed by atoms with Crippen molar-refractivity contribution in [1.82, 2.24) is 9.88 Å². The molecule has 2 aromatic rings. The van der Waals surface area contributed by atoms with Crippen molar-refractivity contribution in [2.24, 2.45) is 0 Å². The molecule has 0 unspecified atom stereocenters. The zero-order valence-corrected chi connectivity index (χ0v) is 12.4. The van der Waals surface area contributed by atoms with E-state index < -0.39 is 5.97 Å². The molecule has 1 aliphatic carbocycles. The number of benzene rings is 1. The minimum absolute atomic E-state index is 0.390. The van der Waals surface area contributed by atoms with Crippen molar-refractivity contribution >= 4 is 16.9 Å². The molecule has 2 N–H and O–H groups in total. The number of hydrogen-bond acceptors (Lipinski definition) is 2. The lowest BCUT2D eigenvalue weighted by Gasteiger charge is -2.14. The van der Waals surface area contributed by atoms with E-state index in [-0.39, 0.29) is 0 Å². The van der Waals surface area contributed by atoms with E-state index in [9.17, 15) is 9.90 Å². The molecule has 1 aromatic carbocycles. The number of para-hydroxylation sites is 1. The van der Waals surface area contributed by atoms with Crippen LogP contribution in [0, 0.1) is 0 Å². The van der Waals surface area contributed by atoms with Gasteiger partial charge in [0.15, 0.2) is 0 Å². The monoisotopic (exact) mass is 286 g/mol. The molecule has 3 rings (SSSR count). The van der Waals surface area contributed by atoms with Crippen molar-refractivity contribution in [1.29, 1.82) is 0 Å². The fraction of sp³-hybridized carbons (Fsp3) is 0.471. The average molecular weight is 286 g/mol. The Morgan fingerprint density at radius 3 is 2.81 bits per heavy atom. The molecule has 0 saturated heterocycles. The van der Waals surface area contributed by atoms with Crippen LogP contribution in [0.15, 0.2) is 24.3 Å². The Morgan fingerprint density at radius 1 is 1.38 bits per heavy atom. The highest BCUT2D eigenvalue weighted by molar-refractivity contribution is 6.02. The standard InChI is InChI=1S/C17H22N2O2/c1-2-19-14(11-18-13-7-3-4-8-13)10-12-6-5-9-15(16(12)19)17(20)21/h5-6,9-10,13,18H,2-4,7-8,11H2,1H3,(H,20,21). The largest absolute Gasteiger partial charge is 0.478 e. The summed E-state index contributed by atoms with van der Waals surface area (Å²) in [5, 5.41) is 14.0. The number of aromatic carboxylic acids is 1. The maximum absolute atomic E-state index is 11.4. The van der Waals surface area contributed by atoms with Crippen molar-refractivity contribution in [2.45, 2.75) is 51.7 Å². The fourth-order valence-corrected chi connectivity index (χ4v) is 3.44. The third-order valence-electron chi connectivity index (χ3n) is 4.48. The van der Waals surface area contributed by atoms with E-state index in [0.29, 0.717) is 11.6 Å². The Balaban J connectivity index is 1.94. The molecule has 21 heavy (non-hydrogen) atoms. The van der Waals surface area contributed by atoms with E-state index in [0.717, 1.165) is 24.0 Å². The SMILES string of the molecule is CCn1c(CNC2CCCC2)cc2cccc(C(=O)O)c21. The predicted octanol–water partition coefficient (Wildman–Crippen LogP) is 3.39. The molecule has 0 spiro atoms. The smallest absolute Gasteiger partial charge is 0.337 e. The first-order valence-corrected chi connectivity index (χ1v) is 7.78. The number of nitrogens with one attached hydrogen (secondary N) is 1. The van der Waals surface area contributed by atoms with Crippen LogP contribution in [0.1, 0.15) is 48.7 Å². The van der Waals surface area contributed by atoms with Crippen molar-refractivity contribution in [2.75, 3.05) is 0 Å². The molecule has 0 aliphatic heterocycles. The van der Waals surface area contributed by atoms with Crippen LogP contribution >= 0.6 is 0 Å². The summed E-state index contributed by atoms with van der Waals surface area (Å²) in [5.41, 5.74) is 2.41. The third-order valence-corrected chi connectivity index (χ3v) is 4.48. The molecule has 0 bridgehead atoms. The Labute approximate surface area is 124 Å². The number of aromatic nitrogens is 1. The predicted molar refractivity (Wildman–Crippen MR) is 83.7 cm³/mol. The lowest BCUT2D eigenvalue weighted by molar-refractivity contribution is 0.0698. The first-order chi connectivity index (χ1) is 10.2. The zero-order chi connectivity index (χ0) is 14.8. The Morgan fingerprint density at radius 2 is 2.14 bits per heavy atom. The summed E-state index contributed by atoms with van der Waals surface area (Å²) in [7, 11) is 0. The van der Waals surface area contributed by atoms with E-state index in [1.54, 1.807) is 6.07 Å². The Bertz CT molecular complexity index is 654. The highest BCUT2D eigenvalue weighted by Crippen LogP contribution is 2.25. The number of carbonyl (C=O) groups is 1.